The van der Waals surface area contributed by atoms with Gasteiger partial charge < -0.3 is 5.32 Å². The van der Waals surface area contributed by atoms with E-state index in [1.54, 1.807) is 23.6 Å². The van der Waals surface area contributed by atoms with E-state index < -0.39 is 17.2 Å². The maximum atomic E-state index is 13.3. The van der Waals surface area contributed by atoms with E-state index >= 15 is 0 Å². The minimum atomic E-state index is -0.593. The Bertz CT molecular complexity index is 976. The normalized spacial score (nSPS) is 11.7. The number of para-hydroxylation sites is 1. The minimum absolute atomic E-state index is 0.344. The summed E-state index contributed by atoms with van der Waals surface area (Å²) in [5.41, 5.74) is 1.49. The highest BCUT2D eigenvalue weighted by molar-refractivity contribution is 8.00. The summed E-state index contributed by atoms with van der Waals surface area (Å²) in [4.78, 5) is 23.6. The van der Waals surface area contributed by atoms with E-state index in [-0.39, 0.29) is 5.82 Å². The summed E-state index contributed by atoms with van der Waals surface area (Å²) < 4.78 is 15.1. The molecule has 144 valence electrons. The second-order valence-corrected chi connectivity index (χ2v) is 7.12. The van der Waals surface area contributed by atoms with Crippen molar-refractivity contribution >= 4 is 23.7 Å². The molecule has 7 nitrogen and oxygen atoms in total. The van der Waals surface area contributed by atoms with Gasteiger partial charge in [0, 0.05) is 18.3 Å². The predicted molar refractivity (Wildman–Crippen MR) is 105 cm³/mol. The number of imide groups is 1. The highest BCUT2D eigenvalue weighted by Gasteiger charge is 2.22. The van der Waals surface area contributed by atoms with Crippen molar-refractivity contribution in [3.63, 3.8) is 0 Å². The first-order chi connectivity index (χ1) is 13.5. The number of rotatable bonds is 5. The number of aromatic nitrogens is 3. The summed E-state index contributed by atoms with van der Waals surface area (Å²) in [7, 11) is 1.43. The zero-order chi connectivity index (χ0) is 20.1. The number of hydrogen-bond acceptors (Lipinski definition) is 5. The molecule has 1 aromatic heterocycles. The molecule has 3 amide bonds. The Morgan fingerprint density at radius 3 is 2.39 bits per heavy atom. The second kappa shape index (κ2) is 8.66. The molecule has 1 atom stereocenters. The number of hydrogen-bond donors (Lipinski definition) is 2. The molecule has 0 bridgehead atoms. The van der Waals surface area contributed by atoms with Crippen molar-refractivity contribution in [2.24, 2.45) is 0 Å². The first kappa shape index (κ1) is 19.6. The van der Waals surface area contributed by atoms with Crippen molar-refractivity contribution in [2.45, 2.75) is 17.3 Å². The average Bonchev–Trinajstić information content (AvgIpc) is 3.12. The molecule has 3 rings (SSSR count). The van der Waals surface area contributed by atoms with Crippen LogP contribution in [0.4, 0.5) is 9.18 Å². The van der Waals surface area contributed by atoms with Gasteiger partial charge in [-0.25, -0.2) is 9.18 Å². The summed E-state index contributed by atoms with van der Waals surface area (Å²) in [5.74, 6) is -0.272. The number of carbonyl (C=O) groups is 2. The number of carbonyl (C=O) groups excluding carboxylic acids is 2. The summed E-state index contributed by atoms with van der Waals surface area (Å²) in [5, 5.41) is 12.9. The lowest BCUT2D eigenvalue weighted by molar-refractivity contribution is -0.119. The lowest BCUT2D eigenvalue weighted by Crippen LogP contribution is -2.41. The highest BCUT2D eigenvalue weighted by Crippen LogP contribution is 2.30. The average molecular weight is 399 g/mol. The van der Waals surface area contributed by atoms with Gasteiger partial charge in [-0.2, -0.15) is 0 Å². The first-order valence-corrected chi connectivity index (χ1v) is 9.33. The lowest BCUT2D eigenvalue weighted by atomic mass is 10.2. The van der Waals surface area contributed by atoms with Gasteiger partial charge in [0.2, 0.25) is 5.91 Å². The van der Waals surface area contributed by atoms with Crippen LogP contribution in [0.2, 0.25) is 0 Å². The Balaban J connectivity index is 1.96. The summed E-state index contributed by atoms with van der Waals surface area (Å²) in [6.07, 6.45) is 0. The third-order valence-corrected chi connectivity index (χ3v) is 4.91. The number of benzene rings is 2. The SMILES string of the molecule is CNC(=O)NC(=O)C(C)Sc1nnc(-c2ccc(F)cc2)n1-c1ccccc1. The molecular weight excluding hydrogens is 381 g/mol. The van der Waals surface area contributed by atoms with Crippen LogP contribution in [0.3, 0.4) is 0 Å². The largest absolute Gasteiger partial charge is 0.341 e. The number of thioether (sulfide) groups is 1. The van der Waals surface area contributed by atoms with Gasteiger partial charge >= 0.3 is 6.03 Å². The van der Waals surface area contributed by atoms with Crippen LogP contribution in [-0.4, -0.2) is 39.0 Å². The fourth-order valence-electron chi connectivity index (χ4n) is 2.43. The van der Waals surface area contributed by atoms with E-state index in [4.69, 9.17) is 0 Å². The van der Waals surface area contributed by atoms with Crippen molar-refractivity contribution < 1.29 is 14.0 Å². The van der Waals surface area contributed by atoms with Crippen molar-refractivity contribution in [3.8, 4) is 17.1 Å². The molecule has 0 saturated heterocycles. The van der Waals surface area contributed by atoms with Crippen LogP contribution in [-0.2, 0) is 4.79 Å². The van der Waals surface area contributed by atoms with Crippen LogP contribution in [0.15, 0.2) is 59.8 Å². The maximum Gasteiger partial charge on any atom is 0.321 e. The Morgan fingerprint density at radius 2 is 1.75 bits per heavy atom. The lowest BCUT2D eigenvalue weighted by Gasteiger charge is -2.13. The van der Waals surface area contributed by atoms with Crippen LogP contribution in [0.25, 0.3) is 17.1 Å². The summed E-state index contributed by atoms with van der Waals surface area (Å²) >= 11 is 1.17. The molecule has 0 aliphatic rings. The van der Waals surface area contributed by atoms with Crippen LogP contribution in [0, 0.1) is 5.82 Å². The van der Waals surface area contributed by atoms with Gasteiger partial charge in [0.1, 0.15) is 5.82 Å². The number of urea groups is 1. The third kappa shape index (κ3) is 4.37. The van der Waals surface area contributed by atoms with E-state index in [1.165, 1.54) is 30.9 Å². The Kier molecular flexibility index (Phi) is 6.05. The monoisotopic (exact) mass is 399 g/mol. The van der Waals surface area contributed by atoms with E-state index in [1.807, 2.05) is 30.3 Å². The topological polar surface area (TPSA) is 88.9 Å². The fourth-order valence-corrected chi connectivity index (χ4v) is 3.30. The van der Waals surface area contributed by atoms with E-state index in [0.717, 1.165) is 5.69 Å². The van der Waals surface area contributed by atoms with E-state index in [9.17, 15) is 14.0 Å². The van der Waals surface area contributed by atoms with Gasteiger partial charge in [0.25, 0.3) is 0 Å². The molecule has 0 aliphatic heterocycles. The molecule has 0 aliphatic carbocycles. The number of halogens is 1. The molecule has 3 aromatic rings. The summed E-state index contributed by atoms with van der Waals surface area (Å²) in [6.45, 7) is 1.67. The van der Waals surface area contributed by atoms with Crippen molar-refractivity contribution in [3.05, 3.63) is 60.4 Å². The fraction of sp³-hybridized carbons (Fsp3) is 0.158. The van der Waals surface area contributed by atoms with Gasteiger partial charge in [-0.05, 0) is 43.3 Å². The van der Waals surface area contributed by atoms with Crippen molar-refractivity contribution in [1.82, 2.24) is 25.4 Å². The molecule has 2 N–H and O–H groups in total. The van der Waals surface area contributed by atoms with Gasteiger partial charge in [-0.3, -0.25) is 14.7 Å². The van der Waals surface area contributed by atoms with Crippen molar-refractivity contribution in [1.29, 1.82) is 0 Å². The standard InChI is InChI=1S/C19H18FN5O2S/c1-12(17(26)22-18(27)21-2)28-19-24-23-16(13-8-10-14(20)11-9-13)25(19)15-6-4-3-5-7-15/h3-12H,1-2H3,(H2,21,22,26,27). The number of nitrogens with one attached hydrogen (secondary N) is 2. The molecule has 0 saturated carbocycles. The summed E-state index contributed by atoms with van der Waals surface area (Å²) in [6, 6.07) is 14.8. The van der Waals surface area contributed by atoms with Crippen LogP contribution in [0.1, 0.15) is 6.92 Å². The van der Waals surface area contributed by atoms with Gasteiger partial charge in [0.05, 0.1) is 5.25 Å². The molecule has 0 spiro atoms. The molecule has 9 heteroatoms. The van der Waals surface area contributed by atoms with E-state index in [0.29, 0.717) is 16.5 Å². The second-order valence-electron chi connectivity index (χ2n) is 5.81. The third-order valence-electron chi connectivity index (χ3n) is 3.87. The number of amides is 3. The quantitative estimate of drug-likeness (QED) is 0.644. The van der Waals surface area contributed by atoms with Gasteiger partial charge in [0.15, 0.2) is 11.0 Å². The first-order valence-electron chi connectivity index (χ1n) is 8.45. The van der Waals surface area contributed by atoms with Crippen LogP contribution < -0.4 is 10.6 Å². The van der Waals surface area contributed by atoms with Gasteiger partial charge in [-0.1, -0.05) is 30.0 Å². The zero-order valence-corrected chi connectivity index (χ0v) is 16.0. The maximum absolute atomic E-state index is 13.3. The molecule has 1 heterocycles. The molecule has 28 heavy (non-hydrogen) atoms. The molecular formula is C19H18FN5O2S. The predicted octanol–water partition coefficient (Wildman–Crippen LogP) is 3.01. The van der Waals surface area contributed by atoms with Crippen molar-refractivity contribution in [2.75, 3.05) is 7.05 Å². The van der Waals surface area contributed by atoms with Crippen LogP contribution in [0.5, 0.6) is 0 Å². The Hall–Kier alpha value is -3.20. The minimum Gasteiger partial charge on any atom is -0.341 e. The number of nitrogens with zero attached hydrogens (tertiary/aromatic N) is 3. The molecule has 0 fully saturated rings. The Labute approximate surface area is 165 Å². The molecule has 1 unspecified atom stereocenters. The molecule has 0 radical (unpaired) electrons. The zero-order valence-electron chi connectivity index (χ0n) is 15.2. The smallest absolute Gasteiger partial charge is 0.321 e. The van der Waals surface area contributed by atoms with Crippen LogP contribution >= 0.6 is 11.8 Å². The highest BCUT2D eigenvalue weighted by atomic mass is 32.2. The van der Waals surface area contributed by atoms with E-state index in [2.05, 4.69) is 20.8 Å². The molecule has 2 aromatic carbocycles. The van der Waals surface area contributed by atoms with Gasteiger partial charge in [-0.15, -0.1) is 10.2 Å². The Morgan fingerprint density at radius 1 is 1.07 bits per heavy atom.